The molecule has 0 radical (unpaired) electrons. The molecule has 0 spiro atoms. The summed E-state index contributed by atoms with van der Waals surface area (Å²) < 4.78 is 27.6. The zero-order valence-corrected chi connectivity index (χ0v) is 53.8. The highest BCUT2D eigenvalue weighted by molar-refractivity contribution is 6.99. The lowest BCUT2D eigenvalue weighted by Gasteiger charge is -2.37. The van der Waals surface area contributed by atoms with Crippen LogP contribution in [0.4, 0.5) is 22.9 Å². The van der Waals surface area contributed by atoms with Crippen molar-refractivity contribution in [2.24, 2.45) is 14.1 Å². The van der Waals surface area contributed by atoms with Crippen LogP contribution in [0.2, 0.25) is 5.02 Å². The first-order chi connectivity index (χ1) is 45.6. The second kappa shape index (κ2) is 28.5. The van der Waals surface area contributed by atoms with Gasteiger partial charge in [0.1, 0.15) is 47.3 Å². The third-order valence-electron chi connectivity index (χ3n) is 16.9. The smallest absolute Gasteiger partial charge is 0.289 e. The van der Waals surface area contributed by atoms with Gasteiger partial charge >= 0.3 is 0 Å². The van der Waals surface area contributed by atoms with Crippen molar-refractivity contribution in [1.82, 2.24) is 37.6 Å². The van der Waals surface area contributed by atoms with Crippen LogP contribution in [-0.2, 0) is 20.7 Å². The van der Waals surface area contributed by atoms with Crippen LogP contribution >= 0.6 is 23.3 Å². The number of aryl methyl sites for hydroxylation is 3. The van der Waals surface area contributed by atoms with Gasteiger partial charge in [0.25, 0.3) is 28.8 Å². The third-order valence-corrected chi connectivity index (χ3v) is 17.6. The van der Waals surface area contributed by atoms with Crippen molar-refractivity contribution in [3.05, 3.63) is 204 Å². The quantitative estimate of drug-likeness (QED) is 0.127. The van der Waals surface area contributed by atoms with Crippen molar-refractivity contribution in [1.29, 1.82) is 15.8 Å². The second-order valence-corrected chi connectivity index (χ2v) is 23.3. The summed E-state index contributed by atoms with van der Waals surface area (Å²) in [5, 5.41) is 35.5. The summed E-state index contributed by atoms with van der Waals surface area (Å²) in [6.45, 7) is 8.52. The van der Waals surface area contributed by atoms with Gasteiger partial charge in [0, 0.05) is 126 Å². The molecule has 0 aliphatic carbocycles. The molecule has 94 heavy (non-hydrogen) atoms. The van der Waals surface area contributed by atoms with Gasteiger partial charge in [0.15, 0.2) is 17.3 Å². The fraction of sp³-hybridized carbons (Fsp3) is 0.261. The highest BCUT2D eigenvalue weighted by atomic mass is 35.5. The maximum absolute atomic E-state index is 12.9. The Morgan fingerprint density at radius 2 is 1.16 bits per heavy atom. The number of nitrogens with zero attached hydrogens (tertiary/aromatic N) is 14. The molecule has 1 N–H and O–H groups in total. The third kappa shape index (κ3) is 13.1. The standard InChI is InChI=1S/C27H24N4O3.C23H21ClN4O3.C19H19N7O2S/c1-19-9-10-23-21(16-19)25(22(17-28)26(29-23)34-18-20-6-3-2-4-7-20)30-11-13-31(14-12-30)27(32)24-8-5-15-33-24;1-26-20-8-5-16(24)13-18(20)21(19(14-25)23(26)30)27-9-11-28(12-10-27)22(29)15-3-6-17(31-2)7-4-15;1-21-17-15(22-29-23-17)19(28)26-9-7-25(8-10-26)16-12-5-3-4-6-14(12)24(2)18(27)13(16)11-20/h2-10,15-16H,11-14,18H2,1H3;3-8,13H,9-12H2,1-2H3;3-6H,7-10H2,1-2H3,(H,21,23). The van der Waals surface area contributed by atoms with E-state index in [1.165, 1.54) is 15.4 Å². The molecular formula is C69H64ClN15O8S. The molecule has 3 saturated heterocycles. The molecule has 0 bridgehead atoms. The monoisotopic (exact) mass is 1300 g/mol. The topological polar surface area (TPSA) is 268 Å². The van der Waals surface area contributed by atoms with Gasteiger partial charge in [0.05, 0.1) is 58.7 Å². The van der Waals surface area contributed by atoms with E-state index in [4.69, 9.17) is 25.5 Å². The molecule has 3 amide bonds. The number of benzene rings is 5. The predicted molar refractivity (Wildman–Crippen MR) is 360 cm³/mol. The van der Waals surface area contributed by atoms with E-state index in [0.717, 1.165) is 55.7 Å². The Kier molecular flexibility index (Phi) is 19.5. The molecule has 476 valence electrons. The average Bonchev–Trinajstić information content (AvgIpc) is 1.08. The molecule has 23 nitrogen and oxygen atoms in total. The van der Waals surface area contributed by atoms with Crippen LogP contribution in [-0.4, -0.2) is 148 Å². The number of pyridine rings is 3. The molecule has 8 heterocycles. The first-order valence-corrected chi connectivity index (χ1v) is 31.3. The first-order valence-electron chi connectivity index (χ1n) is 30.2. The summed E-state index contributed by atoms with van der Waals surface area (Å²) in [6.07, 6.45) is 1.51. The number of nitrogens with one attached hydrogen (secondary N) is 1. The Morgan fingerprint density at radius 3 is 1.73 bits per heavy atom. The van der Waals surface area contributed by atoms with Gasteiger partial charge in [-0.05, 0) is 85.3 Å². The van der Waals surface area contributed by atoms with Gasteiger partial charge in [-0.15, -0.1) is 0 Å². The Balaban J connectivity index is 0.000000144. The number of aromatic nitrogens is 5. The molecular weight excluding hydrogens is 1230 g/mol. The minimum atomic E-state index is -0.343. The predicted octanol–water partition coefficient (Wildman–Crippen LogP) is 8.85. The van der Waals surface area contributed by atoms with Crippen LogP contribution in [0.25, 0.3) is 32.7 Å². The van der Waals surface area contributed by atoms with E-state index >= 15 is 0 Å². The van der Waals surface area contributed by atoms with Crippen LogP contribution < -0.4 is 40.6 Å². The Morgan fingerprint density at radius 1 is 0.606 bits per heavy atom. The van der Waals surface area contributed by atoms with Crippen LogP contribution in [0.5, 0.6) is 11.6 Å². The normalized spacial score (nSPS) is 13.9. The van der Waals surface area contributed by atoms with E-state index in [1.54, 1.807) is 97.5 Å². The molecule has 0 atom stereocenters. The van der Waals surface area contributed by atoms with Crippen LogP contribution in [0.1, 0.15) is 59.2 Å². The van der Waals surface area contributed by atoms with Gasteiger partial charge in [-0.25, -0.2) is 4.98 Å². The number of furan rings is 1. The number of amides is 3. The number of carbonyl (C=O) groups excluding carboxylic acids is 3. The maximum atomic E-state index is 12.9. The number of hydrogen-bond acceptors (Lipinski definition) is 19. The fourth-order valence-electron chi connectivity index (χ4n) is 12.0. The molecule has 13 rings (SSSR count). The number of piperazine rings is 3. The fourth-order valence-corrected chi connectivity index (χ4v) is 12.7. The number of hydrogen-bond donors (Lipinski definition) is 1. The van der Waals surface area contributed by atoms with Gasteiger partial charge in [-0.1, -0.05) is 71.8 Å². The lowest BCUT2D eigenvalue weighted by molar-refractivity contribution is 0.0712. The van der Waals surface area contributed by atoms with Crippen LogP contribution in [0, 0.1) is 40.9 Å². The summed E-state index contributed by atoms with van der Waals surface area (Å²) in [4.78, 5) is 80.0. The number of methoxy groups -OCH3 is 1. The second-order valence-electron chi connectivity index (χ2n) is 22.4. The van der Waals surface area contributed by atoms with Crippen molar-refractivity contribution >= 4 is 96.6 Å². The number of ether oxygens (including phenoxy) is 2. The number of fused-ring (bicyclic) bond motifs is 3. The van der Waals surface area contributed by atoms with Crippen molar-refractivity contribution in [3.63, 3.8) is 0 Å². The zero-order chi connectivity index (χ0) is 66.2. The summed E-state index contributed by atoms with van der Waals surface area (Å²) >= 11 is 7.22. The molecule has 25 heteroatoms. The zero-order valence-electron chi connectivity index (χ0n) is 52.2. The van der Waals surface area contributed by atoms with E-state index < -0.39 is 0 Å². The lowest BCUT2D eigenvalue weighted by Crippen LogP contribution is -2.49. The van der Waals surface area contributed by atoms with Crippen LogP contribution in [0.3, 0.4) is 0 Å². The molecule has 5 aromatic carbocycles. The van der Waals surface area contributed by atoms with E-state index in [-0.39, 0.29) is 40.0 Å². The Labute approximate surface area is 549 Å². The van der Waals surface area contributed by atoms with Crippen molar-refractivity contribution < 1.29 is 28.3 Å². The van der Waals surface area contributed by atoms with Gasteiger partial charge in [0.2, 0.25) is 5.88 Å². The van der Waals surface area contributed by atoms with E-state index in [0.29, 0.717) is 147 Å². The molecule has 0 unspecified atom stereocenters. The van der Waals surface area contributed by atoms with Crippen molar-refractivity contribution in [2.45, 2.75) is 13.5 Å². The molecule has 3 aliphatic heterocycles. The number of para-hydroxylation sites is 1. The number of nitriles is 3. The number of halogens is 1. The summed E-state index contributed by atoms with van der Waals surface area (Å²) in [7, 11) is 6.61. The van der Waals surface area contributed by atoms with Crippen LogP contribution in [0.15, 0.2) is 148 Å². The maximum Gasteiger partial charge on any atom is 0.289 e. The number of anilines is 4. The minimum Gasteiger partial charge on any atom is -0.497 e. The highest BCUT2D eigenvalue weighted by Crippen LogP contribution is 2.38. The van der Waals surface area contributed by atoms with E-state index in [2.05, 4.69) is 48.2 Å². The first kappa shape index (κ1) is 64.3. The van der Waals surface area contributed by atoms with Crippen molar-refractivity contribution in [2.75, 3.05) is 113 Å². The molecule has 10 aromatic rings. The summed E-state index contributed by atoms with van der Waals surface area (Å²) in [6, 6.07) is 45.6. The van der Waals surface area contributed by atoms with Crippen molar-refractivity contribution in [3.8, 4) is 29.8 Å². The average molecular weight is 1300 g/mol. The Bertz CT molecular complexity index is 4740. The largest absolute Gasteiger partial charge is 0.497 e. The molecule has 3 aliphatic rings. The number of rotatable bonds is 11. The lowest BCUT2D eigenvalue weighted by atomic mass is 10.0. The molecule has 5 aromatic heterocycles. The molecule has 0 saturated carbocycles. The summed E-state index contributed by atoms with van der Waals surface area (Å²) in [5.74, 6) is 1.50. The summed E-state index contributed by atoms with van der Waals surface area (Å²) in [5.41, 5.74) is 7.28. The minimum absolute atomic E-state index is 0.0558. The number of carbonyl (C=O) groups is 3. The van der Waals surface area contributed by atoms with E-state index in [1.807, 2.05) is 83.5 Å². The Hall–Kier alpha value is -11.3. The van der Waals surface area contributed by atoms with Gasteiger partial charge < -0.3 is 57.7 Å². The molecule has 3 fully saturated rings. The van der Waals surface area contributed by atoms with Gasteiger partial charge in [-0.3, -0.25) is 24.0 Å². The SMILES string of the molecule is CNc1nsnc1C(=O)N1CCN(c2c(C#N)c(=O)n(C)c3ccccc23)CC1.COc1ccc(C(=O)N2CCN(c3c(C#N)c(=O)n(C)c4ccc(Cl)cc34)CC2)cc1.Cc1ccc2nc(OCc3ccccc3)c(C#N)c(N3CCN(C(=O)c4ccco4)CC3)c2c1. The highest BCUT2D eigenvalue weighted by Gasteiger charge is 2.32. The van der Waals surface area contributed by atoms with E-state index in [9.17, 15) is 39.8 Å². The van der Waals surface area contributed by atoms with Gasteiger partial charge in [-0.2, -0.15) is 24.5 Å².